The average Bonchev–Trinajstić information content (AvgIpc) is 3.01. The number of esters is 1. The number of nitrogens with zero attached hydrogens (tertiary/aromatic N) is 3. The lowest BCUT2D eigenvalue weighted by Gasteiger charge is -2.04. The van der Waals surface area contributed by atoms with E-state index in [-0.39, 0.29) is 19.0 Å². The van der Waals surface area contributed by atoms with E-state index >= 15 is 0 Å². The van der Waals surface area contributed by atoms with Gasteiger partial charge in [0.2, 0.25) is 0 Å². The summed E-state index contributed by atoms with van der Waals surface area (Å²) in [5.41, 5.74) is 0.918. The zero-order chi connectivity index (χ0) is 18.5. The van der Waals surface area contributed by atoms with Gasteiger partial charge in [-0.25, -0.2) is 14.3 Å². The van der Waals surface area contributed by atoms with Gasteiger partial charge in [0.1, 0.15) is 19.3 Å². The molecule has 2 aromatic carbocycles. The zero-order valence-electron chi connectivity index (χ0n) is 14.2. The van der Waals surface area contributed by atoms with Crippen molar-refractivity contribution in [2.24, 2.45) is 0 Å². The van der Waals surface area contributed by atoms with Crippen LogP contribution in [0.1, 0.15) is 11.4 Å². The number of carbonyl (C=O) groups excluding carboxylic acids is 1. The van der Waals surface area contributed by atoms with Crippen LogP contribution in [-0.2, 0) is 16.1 Å². The monoisotopic (exact) mass is 351 g/mol. The van der Waals surface area contributed by atoms with Crippen molar-refractivity contribution in [3.63, 3.8) is 0 Å². The summed E-state index contributed by atoms with van der Waals surface area (Å²) in [5, 5.41) is 13.1. The largest absolute Gasteiger partial charge is 0.458 e. The van der Waals surface area contributed by atoms with E-state index in [9.17, 15) is 14.9 Å². The van der Waals surface area contributed by atoms with E-state index < -0.39 is 10.9 Å². The summed E-state index contributed by atoms with van der Waals surface area (Å²) >= 11 is 0. The lowest BCUT2D eigenvalue weighted by Crippen LogP contribution is -2.12. The van der Waals surface area contributed by atoms with Crippen LogP contribution in [0.2, 0.25) is 0 Å². The Morgan fingerprint density at radius 1 is 1.27 bits per heavy atom. The van der Waals surface area contributed by atoms with E-state index in [4.69, 9.17) is 4.74 Å². The van der Waals surface area contributed by atoms with Crippen molar-refractivity contribution in [1.82, 2.24) is 9.55 Å². The smallest absolute Gasteiger partial charge is 0.342 e. The van der Waals surface area contributed by atoms with Crippen LogP contribution in [0.5, 0.6) is 0 Å². The fourth-order valence-electron chi connectivity index (χ4n) is 2.72. The van der Waals surface area contributed by atoms with Crippen molar-refractivity contribution in [3.8, 4) is 0 Å². The Bertz CT molecular complexity index is 986. The Kier molecular flexibility index (Phi) is 5.07. The molecule has 0 fully saturated rings. The lowest BCUT2D eigenvalue weighted by molar-refractivity contribution is -0.392. The predicted octanol–water partition coefficient (Wildman–Crippen LogP) is 3.51. The van der Waals surface area contributed by atoms with Crippen LogP contribution in [-0.4, -0.2) is 27.1 Å². The number of carbonyl (C=O) groups is 1. The van der Waals surface area contributed by atoms with E-state index in [1.807, 2.05) is 42.5 Å². The molecule has 0 amide bonds. The van der Waals surface area contributed by atoms with E-state index in [0.717, 1.165) is 16.3 Å². The van der Waals surface area contributed by atoms with Crippen LogP contribution in [0.3, 0.4) is 0 Å². The van der Waals surface area contributed by atoms with Gasteiger partial charge in [0, 0.05) is 13.0 Å². The second kappa shape index (κ2) is 7.60. The lowest BCUT2D eigenvalue weighted by atomic mass is 10.0. The van der Waals surface area contributed by atoms with Gasteiger partial charge in [0.15, 0.2) is 5.82 Å². The molecule has 7 nitrogen and oxygen atoms in total. The Labute approximate surface area is 149 Å². The third-order valence-corrected chi connectivity index (χ3v) is 4.00. The summed E-state index contributed by atoms with van der Waals surface area (Å²) in [6, 6.07) is 13.7. The fourth-order valence-corrected chi connectivity index (χ4v) is 2.72. The molecule has 7 heteroatoms. The van der Waals surface area contributed by atoms with Crippen molar-refractivity contribution < 1.29 is 14.5 Å². The van der Waals surface area contributed by atoms with Crippen molar-refractivity contribution in [2.45, 2.75) is 13.5 Å². The molecule has 1 aromatic heterocycles. The quantitative estimate of drug-likeness (QED) is 0.293. The van der Waals surface area contributed by atoms with E-state index in [0.29, 0.717) is 5.82 Å². The van der Waals surface area contributed by atoms with Crippen LogP contribution in [0, 0.1) is 17.0 Å². The highest BCUT2D eigenvalue weighted by Gasteiger charge is 2.17. The molecule has 0 unspecified atom stereocenters. The number of aromatic nitrogens is 2. The average molecular weight is 351 g/mol. The first-order chi connectivity index (χ1) is 12.6. The molecule has 3 rings (SSSR count). The molecule has 0 aliphatic rings. The maximum Gasteiger partial charge on any atom is 0.342 e. The molecule has 132 valence electrons. The second-order valence-electron chi connectivity index (χ2n) is 5.64. The van der Waals surface area contributed by atoms with Gasteiger partial charge in [-0.05, 0) is 27.3 Å². The topological polar surface area (TPSA) is 87.3 Å². The van der Waals surface area contributed by atoms with Gasteiger partial charge < -0.3 is 14.9 Å². The number of benzene rings is 2. The Morgan fingerprint density at radius 3 is 2.85 bits per heavy atom. The van der Waals surface area contributed by atoms with Crippen LogP contribution in [0.15, 0.2) is 54.7 Å². The summed E-state index contributed by atoms with van der Waals surface area (Å²) in [5.74, 6) is -0.123. The molecular weight excluding hydrogens is 334 g/mol. The van der Waals surface area contributed by atoms with Crippen molar-refractivity contribution >= 4 is 28.6 Å². The molecule has 0 radical (unpaired) electrons. The number of ether oxygens (including phenoxy) is 1. The normalized spacial score (nSPS) is 11.1. The molecule has 26 heavy (non-hydrogen) atoms. The molecular formula is C19H17N3O4. The summed E-state index contributed by atoms with van der Waals surface area (Å²) in [6.45, 7) is 1.86. The van der Waals surface area contributed by atoms with Gasteiger partial charge >= 0.3 is 11.8 Å². The van der Waals surface area contributed by atoms with Gasteiger partial charge in [0.25, 0.3) is 0 Å². The van der Waals surface area contributed by atoms with E-state index in [1.54, 1.807) is 13.0 Å². The highest BCUT2D eigenvalue weighted by atomic mass is 16.6. The van der Waals surface area contributed by atoms with Crippen LogP contribution < -0.4 is 0 Å². The third kappa shape index (κ3) is 3.77. The summed E-state index contributed by atoms with van der Waals surface area (Å²) in [7, 11) is 0. The molecule has 0 spiro atoms. The molecule has 0 N–H and O–H groups in total. The van der Waals surface area contributed by atoms with Gasteiger partial charge in [-0.2, -0.15) is 0 Å². The van der Waals surface area contributed by atoms with E-state index in [2.05, 4.69) is 4.98 Å². The standard InChI is InChI=1S/C19H17N3O4/c1-14-20-13-18(22(24)25)21(14)11-12-26-19(23)10-9-16-7-4-6-15-5-2-3-8-17(15)16/h2-10,13H,11-12H2,1H3/b10-9+. The molecule has 3 aromatic rings. The van der Waals surface area contributed by atoms with Gasteiger partial charge in [0.05, 0.1) is 0 Å². The molecule has 0 aliphatic carbocycles. The van der Waals surface area contributed by atoms with Gasteiger partial charge in [-0.3, -0.25) is 0 Å². The SMILES string of the molecule is Cc1ncc([N+](=O)[O-])n1CCOC(=O)/C=C/c1cccc2ccccc12. The molecule has 0 atom stereocenters. The maximum absolute atomic E-state index is 11.9. The van der Waals surface area contributed by atoms with Gasteiger partial charge in [-0.15, -0.1) is 0 Å². The zero-order valence-corrected chi connectivity index (χ0v) is 14.2. The maximum atomic E-state index is 11.9. The van der Waals surface area contributed by atoms with Crippen LogP contribution in [0.25, 0.3) is 16.8 Å². The Hall–Kier alpha value is -3.48. The minimum atomic E-state index is -0.512. The minimum absolute atomic E-state index is 0.0246. The number of fused-ring (bicyclic) bond motifs is 1. The first kappa shape index (κ1) is 17.3. The van der Waals surface area contributed by atoms with E-state index in [1.165, 1.54) is 16.8 Å². The van der Waals surface area contributed by atoms with Crippen LogP contribution >= 0.6 is 0 Å². The van der Waals surface area contributed by atoms with Crippen LogP contribution in [0.4, 0.5) is 5.82 Å². The van der Waals surface area contributed by atoms with Gasteiger partial charge in [-0.1, -0.05) is 42.5 Å². The summed E-state index contributed by atoms with van der Waals surface area (Å²) < 4.78 is 6.55. The highest BCUT2D eigenvalue weighted by molar-refractivity contribution is 5.94. The first-order valence-corrected chi connectivity index (χ1v) is 8.05. The summed E-state index contributed by atoms with van der Waals surface area (Å²) in [4.78, 5) is 26.2. The predicted molar refractivity (Wildman–Crippen MR) is 97.6 cm³/mol. The molecule has 0 saturated heterocycles. The minimum Gasteiger partial charge on any atom is -0.458 e. The molecule has 1 heterocycles. The highest BCUT2D eigenvalue weighted by Crippen LogP contribution is 2.19. The molecule has 0 bridgehead atoms. The molecule has 0 aliphatic heterocycles. The van der Waals surface area contributed by atoms with Crippen molar-refractivity contribution in [2.75, 3.05) is 6.61 Å². The molecule has 0 saturated carbocycles. The fraction of sp³-hybridized carbons (Fsp3) is 0.158. The first-order valence-electron chi connectivity index (χ1n) is 8.05. The number of nitro groups is 1. The van der Waals surface area contributed by atoms with Crippen molar-refractivity contribution in [3.05, 3.63) is 76.2 Å². The number of rotatable bonds is 6. The number of hydrogen-bond acceptors (Lipinski definition) is 5. The number of imidazole rings is 1. The number of aryl methyl sites for hydroxylation is 1. The summed E-state index contributed by atoms with van der Waals surface area (Å²) in [6.07, 6.45) is 4.25. The Morgan fingerprint density at radius 2 is 2.04 bits per heavy atom. The number of hydrogen-bond donors (Lipinski definition) is 0. The third-order valence-electron chi connectivity index (χ3n) is 4.00. The Balaban J connectivity index is 1.62. The second-order valence-corrected chi connectivity index (χ2v) is 5.64. The van der Waals surface area contributed by atoms with Crippen molar-refractivity contribution in [1.29, 1.82) is 0 Å².